The molecule has 9 atom stereocenters. The van der Waals surface area contributed by atoms with Gasteiger partial charge in [-0.3, -0.25) is 0 Å². The Morgan fingerprint density at radius 3 is 2.59 bits per heavy atom. The molecule has 5 fully saturated rings. The molecule has 7 aliphatic rings. The fourth-order valence-electron chi connectivity index (χ4n) is 8.08. The summed E-state index contributed by atoms with van der Waals surface area (Å²) in [5.74, 6) is -0.0707. The van der Waals surface area contributed by atoms with E-state index in [-0.39, 0.29) is 101 Å². The van der Waals surface area contributed by atoms with Crippen molar-refractivity contribution in [3.8, 4) is 0 Å². The number of cyclic esters (lactones) is 1. The van der Waals surface area contributed by atoms with E-state index in [1.807, 2.05) is 13.8 Å². The van der Waals surface area contributed by atoms with Crippen molar-refractivity contribution in [3.05, 3.63) is 11.1 Å². The maximum Gasteiger partial charge on any atom is 1.00 e. The van der Waals surface area contributed by atoms with Crippen LogP contribution in [0.15, 0.2) is 11.1 Å². The smallest absolute Gasteiger partial charge is 0.790 e. The third-order valence-electron chi connectivity index (χ3n) is 9.51. The maximum absolute atomic E-state index is 12.2. The van der Waals surface area contributed by atoms with Gasteiger partial charge in [-0.15, -0.1) is 0 Å². The van der Waals surface area contributed by atoms with Crippen molar-refractivity contribution in [1.82, 2.24) is 0 Å². The van der Waals surface area contributed by atoms with E-state index in [1.54, 1.807) is 0 Å². The van der Waals surface area contributed by atoms with Gasteiger partial charge in [0.05, 0.1) is 13.9 Å². The zero-order chi connectivity index (χ0) is 22.5. The second-order valence-electron chi connectivity index (χ2n) is 10.7. The number of carbonyl (C=O) groups excluding carboxylic acids is 1. The van der Waals surface area contributed by atoms with Crippen LogP contribution in [0.2, 0.25) is 0 Å². The first-order chi connectivity index (χ1) is 15.0. The van der Waals surface area contributed by atoms with Gasteiger partial charge >= 0.3 is 65.1 Å². The van der Waals surface area contributed by atoms with Crippen LogP contribution in [0.5, 0.6) is 0 Å². The van der Waals surface area contributed by atoms with Crippen LogP contribution in [0.4, 0.5) is 0 Å². The number of hydrogen-bond acceptors (Lipinski definition) is 10. The summed E-state index contributed by atoms with van der Waals surface area (Å²) in [5.41, 5.74) is -0.615. The van der Waals surface area contributed by atoms with Gasteiger partial charge in [0.2, 0.25) is 0 Å². The first-order valence-electron chi connectivity index (χ1n) is 11.2. The molecule has 34 heavy (non-hydrogen) atoms. The molecule has 0 N–H and O–H groups in total. The summed E-state index contributed by atoms with van der Waals surface area (Å²) in [6.07, 6.45) is 0.891. The van der Waals surface area contributed by atoms with Crippen LogP contribution in [-0.4, -0.2) is 60.6 Å². The Balaban J connectivity index is 0.00000120. The number of esters is 1. The first kappa shape index (κ1) is 26.8. The van der Waals surface area contributed by atoms with Crippen molar-refractivity contribution in [1.29, 1.82) is 0 Å². The molecule has 0 radical (unpaired) electrons. The summed E-state index contributed by atoms with van der Waals surface area (Å²) in [5, 5.41) is 0. The van der Waals surface area contributed by atoms with Crippen molar-refractivity contribution in [2.45, 2.75) is 81.3 Å². The molecule has 0 aromatic rings. The molecule has 0 bridgehead atoms. The fourth-order valence-corrected chi connectivity index (χ4v) is 8.27. The molecule has 3 aliphatic carbocycles. The molecule has 0 unspecified atom stereocenters. The SMILES string of the molecule is CC(C)[C@@]12O[C@@H]1[C@H]1O[C@@]13[C@@]1(O[C@@H]1C[C@@H]1C4=C(CC[C@]13C)C(=O)OC4)[C@H]2OCOP(=O)([O-])[O-].[Na+].[Na+]. The Hall–Kier alpha value is 1.16. The molecule has 2 saturated carbocycles. The van der Waals surface area contributed by atoms with Crippen LogP contribution >= 0.6 is 7.82 Å². The summed E-state index contributed by atoms with van der Waals surface area (Å²) < 4.78 is 46.1. The number of hydrogen-bond donors (Lipinski definition) is 0. The minimum atomic E-state index is -5.18. The number of ether oxygens (including phenoxy) is 5. The summed E-state index contributed by atoms with van der Waals surface area (Å²) in [6, 6.07) is 0. The molecule has 0 amide bonds. The van der Waals surface area contributed by atoms with E-state index in [2.05, 4.69) is 11.4 Å². The van der Waals surface area contributed by atoms with Crippen molar-refractivity contribution in [3.63, 3.8) is 0 Å². The van der Waals surface area contributed by atoms with Crippen molar-refractivity contribution in [2.75, 3.05) is 13.4 Å². The third-order valence-corrected chi connectivity index (χ3v) is 9.93. The van der Waals surface area contributed by atoms with Gasteiger partial charge < -0.3 is 42.6 Å². The fraction of sp³-hybridized carbons (Fsp3) is 0.857. The predicted molar refractivity (Wildman–Crippen MR) is 99.5 cm³/mol. The molecule has 4 heterocycles. The molecule has 4 aliphatic heterocycles. The molecule has 3 saturated heterocycles. The minimum absolute atomic E-state index is 0. The number of phosphoric ester groups is 1. The molecule has 13 heteroatoms. The van der Waals surface area contributed by atoms with Crippen LogP contribution in [-0.2, 0) is 37.6 Å². The van der Waals surface area contributed by atoms with E-state index < -0.39 is 37.5 Å². The second kappa shape index (κ2) is 7.85. The van der Waals surface area contributed by atoms with Gasteiger partial charge in [-0.1, -0.05) is 20.8 Å². The molecule has 10 nitrogen and oxygen atoms in total. The Morgan fingerprint density at radius 2 is 1.91 bits per heavy atom. The van der Waals surface area contributed by atoms with Crippen LogP contribution in [0.3, 0.4) is 0 Å². The Bertz CT molecular complexity index is 1030. The van der Waals surface area contributed by atoms with Gasteiger partial charge in [0, 0.05) is 11.0 Å². The van der Waals surface area contributed by atoms with Gasteiger partial charge in [0.1, 0.15) is 36.1 Å². The number of rotatable bonds is 5. The monoisotopic (exact) mass is 514 g/mol. The molecular formula is C21H25Na2O10P. The summed E-state index contributed by atoms with van der Waals surface area (Å²) in [7, 11) is -5.18. The second-order valence-corrected chi connectivity index (χ2v) is 11.9. The quantitative estimate of drug-likeness (QED) is 0.114. The summed E-state index contributed by atoms with van der Waals surface area (Å²) in [6.45, 7) is 5.89. The first-order valence-corrected chi connectivity index (χ1v) is 12.7. The number of carbonyl (C=O) groups is 1. The molecule has 176 valence electrons. The predicted octanol–water partition coefficient (Wildman–Crippen LogP) is -6.06. The van der Waals surface area contributed by atoms with Crippen LogP contribution in [0.25, 0.3) is 0 Å². The van der Waals surface area contributed by atoms with Crippen LogP contribution in [0, 0.1) is 17.3 Å². The van der Waals surface area contributed by atoms with Crippen LogP contribution in [0.1, 0.15) is 40.0 Å². The maximum atomic E-state index is 12.2. The largest absolute Gasteiger partial charge is 1.00 e. The zero-order valence-electron chi connectivity index (χ0n) is 20.0. The molecule has 7 rings (SSSR count). The van der Waals surface area contributed by atoms with Gasteiger partial charge in [-0.05, 0) is 36.7 Å². The average molecular weight is 514 g/mol. The summed E-state index contributed by atoms with van der Waals surface area (Å²) in [4.78, 5) is 34.3. The number of fused-ring (bicyclic) bond motifs is 4. The molecule has 0 aromatic heterocycles. The Labute approximate surface area is 241 Å². The van der Waals surface area contributed by atoms with Gasteiger partial charge in [0.25, 0.3) is 0 Å². The molecule has 0 aromatic carbocycles. The standard InChI is InChI=1S/C21H27O10P.2Na/c1-9(2)19-14(30-19)15-21(31-15)18(3)5-4-10-11(7-26-16(10)22)12(18)6-13-20(21,29-13)17(19)27-8-28-32(23,24)25;;/h9,12-15,17H,4-8H2,1-3H3,(H2,23,24,25);;/q;2*+1/p-2/t12-,13-,14-,15-,17+,18-,19-,20+,21+;;/m1../s1. The van der Waals surface area contributed by atoms with Crippen LogP contribution < -0.4 is 68.9 Å². The molecule has 2 spiro atoms. The Kier molecular flexibility index (Phi) is 6.18. The van der Waals surface area contributed by atoms with Gasteiger partial charge in [-0.25, -0.2) is 4.79 Å². The van der Waals surface area contributed by atoms with E-state index in [0.717, 1.165) is 17.6 Å². The van der Waals surface area contributed by atoms with E-state index in [9.17, 15) is 19.1 Å². The van der Waals surface area contributed by atoms with Crippen molar-refractivity contribution >= 4 is 13.8 Å². The Morgan fingerprint density at radius 1 is 1.18 bits per heavy atom. The topological polar surface area (TPSA) is 146 Å². The van der Waals surface area contributed by atoms with Gasteiger partial charge in [-0.2, -0.15) is 0 Å². The third kappa shape index (κ3) is 2.93. The van der Waals surface area contributed by atoms with Gasteiger partial charge in [0.15, 0.2) is 12.4 Å². The normalized spacial score (nSPS) is 50.9. The molecular weight excluding hydrogens is 489 g/mol. The van der Waals surface area contributed by atoms with E-state index in [4.69, 9.17) is 23.7 Å². The van der Waals surface area contributed by atoms with Crippen molar-refractivity contribution in [2.24, 2.45) is 17.3 Å². The minimum Gasteiger partial charge on any atom is -0.790 e. The van der Waals surface area contributed by atoms with E-state index in [1.165, 1.54) is 0 Å². The number of phosphoric acid groups is 1. The summed E-state index contributed by atoms with van der Waals surface area (Å²) >= 11 is 0. The average Bonchev–Trinajstić information content (AvgIpc) is 3.59. The zero-order valence-corrected chi connectivity index (χ0v) is 24.9. The number of epoxide rings is 3. The van der Waals surface area contributed by atoms with Crippen molar-refractivity contribution < 1.29 is 106 Å². The van der Waals surface area contributed by atoms with E-state index in [0.29, 0.717) is 19.4 Å². The van der Waals surface area contributed by atoms with E-state index >= 15 is 0 Å².